The summed E-state index contributed by atoms with van der Waals surface area (Å²) in [5.74, 6) is 1.44. The fourth-order valence-corrected chi connectivity index (χ4v) is 3.43. The van der Waals surface area contributed by atoms with Gasteiger partial charge in [-0.3, -0.25) is 4.79 Å². The molecule has 0 bridgehead atoms. The van der Waals surface area contributed by atoms with Gasteiger partial charge >= 0.3 is 5.97 Å². The number of hydrogen-bond donors (Lipinski definition) is 0. The Labute approximate surface area is 190 Å². The minimum Gasteiger partial charge on any atom is -0.460 e. The molecule has 0 saturated heterocycles. The molecule has 0 amide bonds. The van der Waals surface area contributed by atoms with Crippen molar-refractivity contribution in [3.63, 3.8) is 0 Å². The molecule has 0 radical (unpaired) electrons. The molecule has 0 aliphatic heterocycles. The van der Waals surface area contributed by atoms with Gasteiger partial charge in [0.05, 0.1) is 5.92 Å². The van der Waals surface area contributed by atoms with Gasteiger partial charge in [-0.15, -0.1) is 0 Å². The van der Waals surface area contributed by atoms with Crippen LogP contribution in [0, 0.1) is 5.41 Å². The summed E-state index contributed by atoms with van der Waals surface area (Å²) in [6.45, 7) is 12.4. The highest BCUT2D eigenvalue weighted by Crippen LogP contribution is 2.36. The van der Waals surface area contributed by atoms with E-state index in [1.807, 2.05) is 75.4 Å². The lowest BCUT2D eigenvalue weighted by molar-refractivity contribution is -0.149. The van der Waals surface area contributed by atoms with Crippen molar-refractivity contribution >= 4 is 5.97 Å². The molecule has 3 rings (SSSR count). The van der Waals surface area contributed by atoms with E-state index in [9.17, 15) is 4.79 Å². The van der Waals surface area contributed by atoms with Crippen LogP contribution in [-0.2, 0) is 21.6 Å². The normalized spacial score (nSPS) is 12.8. The van der Waals surface area contributed by atoms with Crippen LogP contribution >= 0.6 is 0 Å². The van der Waals surface area contributed by atoms with Gasteiger partial charge in [0.25, 0.3) is 0 Å². The van der Waals surface area contributed by atoms with Crippen LogP contribution in [0.3, 0.4) is 0 Å². The zero-order valence-corrected chi connectivity index (χ0v) is 19.8. The van der Waals surface area contributed by atoms with Crippen LogP contribution < -0.4 is 4.74 Å². The average Bonchev–Trinajstić information content (AvgIpc) is 2.72. The van der Waals surface area contributed by atoms with Crippen molar-refractivity contribution < 1.29 is 14.3 Å². The molecule has 0 saturated carbocycles. The third kappa shape index (κ3) is 6.16. The van der Waals surface area contributed by atoms with Gasteiger partial charge in [0.15, 0.2) is 0 Å². The van der Waals surface area contributed by atoms with Gasteiger partial charge in [-0.25, -0.2) is 9.97 Å². The second-order valence-corrected chi connectivity index (χ2v) is 10.1. The summed E-state index contributed by atoms with van der Waals surface area (Å²) in [7, 11) is 0. The maximum atomic E-state index is 13.1. The summed E-state index contributed by atoms with van der Waals surface area (Å²) in [4.78, 5) is 22.1. The Kier molecular flexibility index (Phi) is 6.97. The van der Waals surface area contributed by atoms with E-state index in [4.69, 9.17) is 9.47 Å². The largest absolute Gasteiger partial charge is 0.460 e. The molecule has 3 aromatic rings. The van der Waals surface area contributed by atoms with Crippen molar-refractivity contribution in [1.29, 1.82) is 0 Å². The predicted octanol–water partition coefficient (Wildman–Crippen LogP) is 6.44. The third-order valence-corrected chi connectivity index (χ3v) is 5.04. The molecule has 5 heteroatoms. The van der Waals surface area contributed by atoms with E-state index >= 15 is 0 Å². The topological polar surface area (TPSA) is 61.3 Å². The van der Waals surface area contributed by atoms with Crippen molar-refractivity contribution in [1.82, 2.24) is 9.97 Å². The van der Waals surface area contributed by atoms with Crippen LogP contribution in [0.2, 0.25) is 0 Å². The second-order valence-electron chi connectivity index (χ2n) is 10.1. The number of para-hydroxylation sites is 1. The lowest BCUT2D eigenvalue weighted by atomic mass is 9.77. The first-order valence-corrected chi connectivity index (χ1v) is 10.8. The molecule has 0 fully saturated rings. The van der Waals surface area contributed by atoms with Crippen LogP contribution in [-0.4, -0.2) is 15.9 Å². The summed E-state index contributed by atoms with van der Waals surface area (Å²) in [6, 6.07) is 17.1. The monoisotopic (exact) mass is 432 g/mol. The zero-order valence-electron chi connectivity index (χ0n) is 19.8. The second kappa shape index (κ2) is 9.51. The Morgan fingerprint density at radius 3 is 2.09 bits per heavy atom. The lowest BCUT2D eigenvalue weighted by Gasteiger charge is -2.29. The third-order valence-electron chi connectivity index (χ3n) is 5.04. The molecule has 1 unspecified atom stereocenters. The minimum absolute atomic E-state index is 0.150. The summed E-state index contributed by atoms with van der Waals surface area (Å²) < 4.78 is 11.6. The first-order chi connectivity index (χ1) is 15.0. The molecule has 0 aliphatic rings. The predicted molar refractivity (Wildman–Crippen MR) is 126 cm³/mol. The number of ether oxygens (including phenoxy) is 2. The highest BCUT2D eigenvalue weighted by Gasteiger charge is 2.35. The molecular formula is C27H32N2O3. The fourth-order valence-electron chi connectivity index (χ4n) is 3.43. The van der Waals surface area contributed by atoms with E-state index in [2.05, 4.69) is 30.7 Å². The molecule has 5 nitrogen and oxygen atoms in total. The number of benzene rings is 2. The minimum atomic E-state index is -0.472. The Hall–Kier alpha value is -3.21. The van der Waals surface area contributed by atoms with Gasteiger partial charge in [-0.05, 0) is 35.2 Å². The van der Waals surface area contributed by atoms with Crippen LogP contribution in [0.15, 0.2) is 67.0 Å². The van der Waals surface area contributed by atoms with Gasteiger partial charge < -0.3 is 9.47 Å². The van der Waals surface area contributed by atoms with Gasteiger partial charge in [-0.1, -0.05) is 71.9 Å². The number of carbonyl (C=O) groups is 1. The Morgan fingerprint density at radius 1 is 0.875 bits per heavy atom. The van der Waals surface area contributed by atoms with E-state index in [-0.39, 0.29) is 23.4 Å². The van der Waals surface area contributed by atoms with E-state index in [0.29, 0.717) is 5.75 Å². The number of nitrogens with zero attached hydrogens (tertiary/aromatic N) is 2. The number of hydrogen-bond acceptors (Lipinski definition) is 5. The van der Waals surface area contributed by atoms with Crippen molar-refractivity contribution in [2.45, 2.75) is 59.5 Å². The van der Waals surface area contributed by atoms with Crippen LogP contribution in [0.1, 0.15) is 64.4 Å². The number of esters is 1. The first-order valence-electron chi connectivity index (χ1n) is 10.8. The highest BCUT2D eigenvalue weighted by molar-refractivity contribution is 5.79. The molecule has 1 heterocycles. The summed E-state index contributed by atoms with van der Waals surface area (Å²) >= 11 is 0. The van der Waals surface area contributed by atoms with Gasteiger partial charge in [0.1, 0.15) is 23.9 Å². The SMILES string of the molecule is CC(C)(C)c1ncc(C(C(=O)OCc2cccc(Oc3ccccc3)c2)C(C)(C)C)cn1. The maximum absolute atomic E-state index is 13.1. The molecule has 2 aromatic carbocycles. The average molecular weight is 433 g/mol. The van der Waals surface area contributed by atoms with E-state index in [0.717, 1.165) is 22.7 Å². The van der Waals surface area contributed by atoms with Gasteiger partial charge in [0, 0.05) is 23.4 Å². The molecule has 168 valence electrons. The lowest BCUT2D eigenvalue weighted by Crippen LogP contribution is -2.29. The molecule has 1 atom stereocenters. The van der Waals surface area contributed by atoms with Crippen molar-refractivity contribution in [2.24, 2.45) is 5.41 Å². The number of aromatic nitrogens is 2. The summed E-state index contributed by atoms with van der Waals surface area (Å²) in [5.41, 5.74) is 1.13. The first kappa shape index (κ1) is 23.5. The maximum Gasteiger partial charge on any atom is 0.314 e. The highest BCUT2D eigenvalue weighted by atomic mass is 16.5. The zero-order chi connectivity index (χ0) is 23.4. The molecule has 32 heavy (non-hydrogen) atoms. The Morgan fingerprint density at radius 2 is 1.50 bits per heavy atom. The molecule has 0 aliphatic carbocycles. The van der Waals surface area contributed by atoms with E-state index in [1.54, 1.807) is 12.4 Å². The Balaban J connectivity index is 1.72. The molecule has 0 N–H and O–H groups in total. The number of carbonyl (C=O) groups excluding carboxylic acids is 1. The van der Waals surface area contributed by atoms with Crippen LogP contribution in [0.25, 0.3) is 0 Å². The van der Waals surface area contributed by atoms with Crippen LogP contribution in [0.4, 0.5) is 0 Å². The van der Waals surface area contributed by atoms with Crippen LogP contribution in [0.5, 0.6) is 11.5 Å². The summed E-state index contributed by atoms with van der Waals surface area (Å²) in [6.07, 6.45) is 3.50. The summed E-state index contributed by atoms with van der Waals surface area (Å²) in [5, 5.41) is 0. The van der Waals surface area contributed by atoms with Gasteiger partial charge in [-0.2, -0.15) is 0 Å². The van der Waals surface area contributed by atoms with Gasteiger partial charge in [0.2, 0.25) is 0 Å². The van der Waals surface area contributed by atoms with E-state index in [1.165, 1.54) is 0 Å². The van der Waals surface area contributed by atoms with E-state index < -0.39 is 5.92 Å². The quantitative estimate of drug-likeness (QED) is 0.420. The standard InChI is InChI=1S/C27H32N2O3/c1-26(2,3)23(20-16-28-25(29-17-20)27(4,5)6)24(30)31-18-19-11-10-14-22(15-19)32-21-12-8-7-9-13-21/h7-17,23H,18H2,1-6H3. The smallest absolute Gasteiger partial charge is 0.314 e. The molecule has 1 aromatic heterocycles. The molecule has 0 spiro atoms. The number of rotatable bonds is 6. The fraction of sp³-hybridized carbons (Fsp3) is 0.370. The Bertz CT molecular complexity index is 1030. The van der Waals surface area contributed by atoms with Crippen molar-refractivity contribution in [2.75, 3.05) is 0 Å². The molecular weight excluding hydrogens is 400 g/mol. The van der Waals surface area contributed by atoms with Crippen molar-refractivity contribution in [3.8, 4) is 11.5 Å². The van der Waals surface area contributed by atoms with Crippen molar-refractivity contribution in [3.05, 3.63) is 83.9 Å².